The van der Waals surface area contributed by atoms with E-state index >= 15 is 0 Å². The first-order valence-corrected chi connectivity index (χ1v) is 9.65. The molecule has 5 heterocycles. The second kappa shape index (κ2) is 6.53. The zero-order chi connectivity index (χ0) is 19.3. The molecule has 1 fully saturated rings. The lowest BCUT2D eigenvalue weighted by atomic mass is 10.1. The highest BCUT2D eigenvalue weighted by atomic mass is 16.1. The third-order valence-electron chi connectivity index (χ3n) is 5.50. The first-order valence-electron chi connectivity index (χ1n) is 9.65. The van der Waals surface area contributed by atoms with E-state index < -0.39 is 0 Å². The molecule has 0 amide bonds. The van der Waals surface area contributed by atoms with Crippen LogP contribution in [0.15, 0.2) is 41.7 Å². The molecule has 0 bridgehead atoms. The van der Waals surface area contributed by atoms with Gasteiger partial charge >= 0.3 is 0 Å². The molecular weight excluding hydrogens is 352 g/mol. The van der Waals surface area contributed by atoms with Crippen LogP contribution in [0.2, 0.25) is 0 Å². The predicted octanol–water partition coefficient (Wildman–Crippen LogP) is 2.65. The summed E-state index contributed by atoms with van der Waals surface area (Å²) in [5.41, 5.74) is 4.78. The smallest absolute Gasteiger partial charge is 0.276 e. The number of aromatic nitrogens is 5. The number of hydrogen-bond donors (Lipinski definition) is 1. The van der Waals surface area contributed by atoms with Crippen LogP contribution in [0.25, 0.3) is 27.7 Å². The van der Waals surface area contributed by atoms with Gasteiger partial charge in [0.05, 0.1) is 29.0 Å². The quantitative estimate of drug-likeness (QED) is 0.584. The number of rotatable bonds is 2. The zero-order valence-corrected chi connectivity index (χ0v) is 16.0. The number of nitrogens with zero attached hydrogens (tertiary/aromatic N) is 5. The van der Waals surface area contributed by atoms with Crippen LogP contribution in [0, 0.1) is 13.8 Å². The SMILES string of the molecule is Cc1cn2cc(-c3cc4cnn(C5CCNCC5)c(=O)c4cn3)cc(C)c2n1. The molecule has 1 N–H and O–H groups in total. The van der Waals surface area contributed by atoms with E-state index in [0.717, 1.165) is 59.5 Å². The van der Waals surface area contributed by atoms with Crippen molar-refractivity contribution in [3.8, 4) is 11.3 Å². The van der Waals surface area contributed by atoms with Gasteiger partial charge in [-0.3, -0.25) is 9.78 Å². The molecule has 1 aliphatic heterocycles. The van der Waals surface area contributed by atoms with Crippen LogP contribution in [0.1, 0.15) is 30.1 Å². The van der Waals surface area contributed by atoms with Crippen molar-refractivity contribution in [1.82, 2.24) is 29.5 Å². The van der Waals surface area contributed by atoms with Crippen molar-refractivity contribution in [2.24, 2.45) is 0 Å². The van der Waals surface area contributed by atoms with Gasteiger partial charge in [-0.2, -0.15) is 5.10 Å². The Morgan fingerprint density at radius 1 is 1.11 bits per heavy atom. The van der Waals surface area contributed by atoms with Crippen molar-refractivity contribution in [3.63, 3.8) is 0 Å². The molecule has 4 aromatic heterocycles. The van der Waals surface area contributed by atoms with E-state index in [4.69, 9.17) is 0 Å². The molecule has 0 atom stereocenters. The predicted molar refractivity (Wildman–Crippen MR) is 109 cm³/mol. The van der Waals surface area contributed by atoms with Crippen LogP contribution in [0.5, 0.6) is 0 Å². The van der Waals surface area contributed by atoms with Crippen LogP contribution in [0.3, 0.4) is 0 Å². The molecule has 0 spiro atoms. The van der Waals surface area contributed by atoms with E-state index in [1.54, 1.807) is 17.1 Å². The second-order valence-corrected chi connectivity index (χ2v) is 7.56. The summed E-state index contributed by atoms with van der Waals surface area (Å²) in [6.07, 6.45) is 9.36. The summed E-state index contributed by atoms with van der Waals surface area (Å²) >= 11 is 0. The lowest BCUT2D eigenvalue weighted by molar-refractivity contribution is 0.333. The number of hydrogen-bond acceptors (Lipinski definition) is 5. The molecule has 5 rings (SSSR count). The zero-order valence-electron chi connectivity index (χ0n) is 16.0. The molecule has 1 saturated heterocycles. The molecule has 28 heavy (non-hydrogen) atoms. The molecule has 7 nitrogen and oxygen atoms in total. The minimum atomic E-state index is -0.0553. The highest BCUT2D eigenvalue weighted by Gasteiger charge is 2.18. The van der Waals surface area contributed by atoms with Crippen LogP contribution >= 0.6 is 0 Å². The van der Waals surface area contributed by atoms with Gasteiger partial charge in [0.2, 0.25) is 0 Å². The Morgan fingerprint density at radius 2 is 1.93 bits per heavy atom. The van der Waals surface area contributed by atoms with Gasteiger partial charge in [0.25, 0.3) is 5.56 Å². The van der Waals surface area contributed by atoms with Crippen LogP contribution in [0.4, 0.5) is 0 Å². The van der Waals surface area contributed by atoms with Crippen molar-refractivity contribution in [1.29, 1.82) is 0 Å². The minimum absolute atomic E-state index is 0.0553. The van der Waals surface area contributed by atoms with Gasteiger partial charge in [-0.25, -0.2) is 9.67 Å². The van der Waals surface area contributed by atoms with Gasteiger partial charge in [-0.05, 0) is 57.5 Å². The average molecular weight is 374 g/mol. The van der Waals surface area contributed by atoms with E-state index in [0.29, 0.717) is 5.39 Å². The lowest BCUT2D eigenvalue weighted by Gasteiger charge is -2.23. The van der Waals surface area contributed by atoms with Crippen molar-refractivity contribution < 1.29 is 0 Å². The van der Waals surface area contributed by atoms with Crippen molar-refractivity contribution in [2.75, 3.05) is 13.1 Å². The Labute approximate surface area is 162 Å². The number of nitrogens with one attached hydrogen (secondary N) is 1. The topological polar surface area (TPSA) is 77.1 Å². The van der Waals surface area contributed by atoms with Crippen LogP contribution in [-0.4, -0.2) is 37.2 Å². The molecule has 0 unspecified atom stereocenters. The molecule has 0 saturated carbocycles. The van der Waals surface area contributed by atoms with Gasteiger partial charge in [-0.1, -0.05) is 0 Å². The fraction of sp³-hybridized carbons (Fsp3) is 0.333. The van der Waals surface area contributed by atoms with E-state index in [9.17, 15) is 4.79 Å². The molecule has 142 valence electrons. The monoisotopic (exact) mass is 374 g/mol. The summed E-state index contributed by atoms with van der Waals surface area (Å²) in [4.78, 5) is 22.1. The number of aryl methyl sites for hydroxylation is 2. The van der Waals surface area contributed by atoms with E-state index in [1.165, 1.54) is 0 Å². The number of fused-ring (bicyclic) bond motifs is 2. The molecule has 1 aliphatic rings. The van der Waals surface area contributed by atoms with Crippen molar-refractivity contribution in [2.45, 2.75) is 32.7 Å². The van der Waals surface area contributed by atoms with Crippen LogP contribution in [-0.2, 0) is 0 Å². The molecular formula is C21H22N6O. The maximum atomic E-state index is 12.9. The molecule has 0 aromatic carbocycles. The second-order valence-electron chi connectivity index (χ2n) is 7.56. The maximum Gasteiger partial charge on any atom is 0.276 e. The summed E-state index contributed by atoms with van der Waals surface area (Å²) in [6.45, 7) is 5.87. The van der Waals surface area contributed by atoms with Crippen LogP contribution < -0.4 is 10.9 Å². The third kappa shape index (κ3) is 2.79. The average Bonchev–Trinajstić information content (AvgIpc) is 3.09. The molecule has 0 radical (unpaired) electrons. The Kier molecular flexibility index (Phi) is 3.98. The first kappa shape index (κ1) is 17.1. The maximum absolute atomic E-state index is 12.9. The number of imidazole rings is 1. The largest absolute Gasteiger partial charge is 0.317 e. The summed E-state index contributed by atoms with van der Waals surface area (Å²) in [5.74, 6) is 0. The van der Waals surface area contributed by atoms with E-state index in [1.807, 2.05) is 36.7 Å². The Hall–Kier alpha value is -3.06. The van der Waals surface area contributed by atoms with E-state index in [-0.39, 0.29) is 11.6 Å². The lowest BCUT2D eigenvalue weighted by Crippen LogP contribution is -2.35. The Bertz CT molecular complexity index is 1250. The van der Waals surface area contributed by atoms with E-state index in [2.05, 4.69) is 26.4 Å². The van der Waals surface area contributed by atoms with Crippen molar-refractivity contribution >= 4 is 16.4 Å². The molecule has 4 aromatic rings. The van der Waals surface area contributed by atoms with Gasteiger partial charge in [0.15, 0.2) is 0 Å². The van der Waals surface area contributed by atoms with Gasteiger partial charge in [0.1, 0.15) is 5.65 Å². The highest BCUT2D eigenvalue weighted by molar-refractivity contribution is 5.83. The van der Waals surface area contributed by atoms with Gasteiger partial charge in [-0.15, -0.1) is 0 Å². The summed E-state index contributed by atoms with van der Waals surface area (Å²) in [7, 11) is 0. The number of pyridine rings is 2. The Morgan fingerprint density at radius 3 is 2.75 bits per heavy atom. The van der Waals surface area contributed by atoms with Gasteiger partial charge in [0, 0.05) is 29.5 Å². The number of piperidine rings is 1. The third-order valence-corrected chi connectivity index (χ3v) is 5.50. The standard InChI is InChI=1S/C21H22N6O/c1-13-7-16(12-26-11-14(2)25-20(13)26)19-8-15-9-24-27(17-3-5-22-6-4-17)21(28)18(15)10-23-19/h7-12,17,22H,3-6H2,1-2H3. The normalized spacial score (nSPS) is 15.5. The summed E-state index contributed by atoms with van der Waals surface area (Å²) in [6, 6.07) is 4.19. The summed E-state index contributed by atoms with van der Waals surface area (Å²) in [5, 5.41) is 9.23. The summed E-state index contributed by atoms with van der Waals surface area (Å²) < 4.78 is 3.66. The highest BCUT2D eigenvalue weighted by Crippen LogP contribution is 2.24. The first-order chi connectivity index (χ1) is 13.6. The van der Waals surface area contributed by atoms with Crippen molar-refractivity contribution in [3.05, 3.63) is 58.5 Å². The molecule has 7 heteroatoms. The molecule has 0 aliphatic carbocycles. The fourth-order valence-corrected chi connectivity index (χ4v) is 4.06. The minimum Gasteiger partial charge on any atom is -0.317 e. The fourth-order valence-electron chi connectivity index (χ4n) is 4.06. The van der Waals surface area contributed by atoms with Gasteiger partial charge < -0.3 is 9.72 Å². The Balaban J connectivity index is 1.59.